The first-order valence-electron chi connectivity index (χ1n) is 8.88. The van der Waals surface area contributed by atoms with E-state index in [4.69, 9.17) is 19.2 Å². The van der Waals surface area contributed by atoms with E-state index in [-0.39, 0.29) is 24.9 Å². The van der Waals surface area contributed by atoms with Crippen molar-refractivity contribution in [3.05, 3.63) is 12.1 Å². The molecule has 136 valence electrons. The predicted octanol–water partition coefficient (Wildman–Crippen LogP) is 1.40. The van der Waals surface area contributed by atoms with Crippen LogP contribution in [0.2, 0.25) is 0 Å². The number of aromatic nitrogens is 1. The van der Waals surface area contributed by atoms with Gasteiger partial charge in [-0.1, -0.05) is 11.3 Å². The molecule has 0 bridgehead atoms. The number of piperidine rings is 1. The number of thiazole rings is 1. The maximum Gasteiger partial charge on any atom is 0.324 e. The second-order valence-electron chi connectivity index (χ2n) is 7.11. The van der Waals surface area contributed by atoms with E-state index in [0.717, 1.165) is 48.1 Å². The summed E-state index contributed by atoms with van der Waals surface area (Å²) in [5, 5.41) is 3.86. The van der Waals surface area contributed by atoms with Crippen LogP contribution in [0.3, 0.4) is 0 Å². The summed E-state index contributed by atoms with van der Waals surface area (Å²) in [5.74, 6) is 1.39. The number of urea groups is 1. The fourth-order valence-electron chi connectivity index (χ4n) is 4.21. The van der Waals surface area contributed by atoms with Gasteiger partial charge in [-0.2, -0.15) is 0 Å². The van der Waals surface area contributed by atoms with Crippen molar-refractivity contribution in [2.24, 2.45) is 0 Å². The maximum absolute atomic E-state index is 12.7. The quantitative estimate of drug-likeness (QED) is 0.856. The van der Waals surface area contributed by atoms with Gasteiger partial charge in [0.2, 0.25) is 6.79 Å². The van der Waals surface area contributed by atoms with Gasteiger partial charge in [-0.05, 0) is 18.6 Å². The Balaban J connectivity index is 1.36. The molecule has 0 aliphatic carbocycles. The Morgan fingerprint density at radius 3 is 3.04 bits per heavy atom. The molecule has 9 heteroatoms. The van der Waals surface area contributed by atoms with Crippen molar-refractivity contribution in [1.29, 1.82) is 0 Å². The van der Waals surface area contributed by atoms with Crippen LogP contribution in [0.15, 0.2) is 12.1 Å². The summed E-state index contributed by atoms with van der Waals surface area (Å²) in [7, 11) is 0. The number of nitrogens with one attached hydrogen (secondary N) is 1. The minimum atomic E-state index is -0.0559. The summed E-state index contributed by atoms with van der Waals surface area (Å²) < 4.78 is 17.4. The molecule has 1 aromatic heterocycles. The van der Waals surface area contributed by atoms with Gasteiger partial charge in [0.15, 0.2) is 16.6 Å². The van der Waals surface area contributed by atoms with Crippen LogP contribution in [-0.4, -0.2) is 67.1 Å². The van der Waals surface area contributed by atoms with E-state index in [2.05, 4.69) is 10.2 Å². The van der Waals surface area contributed by atoms with E-state index in [0.29, 0.717) is 17.5 Å². The van der Waals surface area contributed by atoms with Crippen LogP contribution in [0, 0.1) is 0 Å². The average Bonchev–Trinajstić information content (AvgIpc) is 3.26. The Kier molecular flexibility index (Phi) is 3.14. The number of hydrogen-bond acceptors (Lipinski definition) is 7. The van der Waals surface area contributed by atoms with Crippen molar-refractivity contribution >= 4 is 32.7 Å². The molecule has 2 aromatic rings. The number of likely N-dealkylation sites (tertiary alicyclic amines) is 1. The molecule has 0 saturated carbocycles. The monoisotopic (exact) mass is 374 g/mol. The molecule has 8 nitrogen and oxygen atoms in total. The number of carbonyl (C=O) groups is 1. The standard InChI is InChI=1S/C17H18N4O4S/c22-16-18-10-3-4-20(9-6-23-7-9)5-11(10)21(16)17-19-14-13(26-17)2-1-12-15(14)25-8-24-12/h1-2,9-11H,3-8H2,(H,18,22)/t10-,11+/m0/s1. The number of nitrogens with zero attached hydrogens (tertiary/aromatic N) is 3. The molecule has 2 atom stereocenters. The smallest absolute Gasteiger partial charge is 0.324 e. The number of fused-ring (bicyclic) bond motifs is 4. The zero-order valence-electron chi connectivity index (χ0n) is 14.0. The first-order valence-corrected chi connectivity index (χ1v) is 9.70. The first kappa shape index (κ1) is 15.0. The summed E-state index contributed by atoms with van der Waals surface area (Å²) in [6.07, 6.45) is 0.959. The zero-order valence-corrected chi connectivity index (χ0v) is 14.8. The Labute approximate surface area is 153 Å². The number of carbonyl (C=O) groups excluding carboxylic acids is 1. The van der Waals surface area contributed by atoms with Crippen LogP contribution < -0.4 is 19.7 Å². The van der Waals surface area contributed by atoms with E-state index in [1.54, 1.807) is 0 Å². The highest BCUT2D eigenvalue weighted by molar-refractivity contribution is 7.22. The third kappa shape index (κ3) is 2.07. The lowest BCUT2D eigenvalue weighted by atomic mass is 9.98. The van der Waals surface area contributed by atoms with Crippen molar-refractivity contribution in [3.63, 3.8) is 0 Å². The average molecular weight is 374 g/mol. The van der Waals surface area contributed by atoms with E-state index in [1.807, 2.05) is 17.0 Å². The van der Waals surface area contributed by atoms with Crippen LogP contribution in [-0.2, 0) is 4.74 Å². The number of anilines is 1. The molecule has 4 aliphatic rings. The van der Waals surface area contributed by atoms with Crippen molar-refractivity contribution in [2.75, 3.05) is 38.0 Å². The van der Waals surface area contributed by atoms with Gasteiger partial charge < -0.3 is 19.5 Å². The normalized spacial score (nSPS) is 28.3. The molecule has 0 unspecified atom stereocenters. The predicted molar refractivity (Wildman–Crippen MR) is 95.1 cm³/mol. The molecule has 6 rings (SSSR count). The molecule has 2 amide bonds. The Hall–Kier alpha value is -2.10. The summed E-state index contributed by atoms with van der Waals surface area (Å²) in [5.41, 5.74) is 0.774. The summed E-state index contributed by atoms with van der Waals surface area (Å²) in [4.78, 5) is 21.7. The van der Waals surface area contributed by atoms with Gasteiger partial charge in [0.05, 0.1) is 36.0 Å². The summed E-state index contributed by atoms with van der Waals surface area (Å²) in [6, 6.07) is 4.59. The molecule has 4 aliphatic heterocycles. The van der Waals surface area contributed by atoms with Crippen LogP contribution in [0.4, 0.5) is 9.93 Å². The van der Waals surface area contributed by atoms with E-state index in [9.17, 15) is 4.79 Å². The van der Waals surface area contributed by atoms with Gasteiger partial charge in [0, 0.05) is 13.1 Å². The highest BCUT2D eigenvalue weighted by Crippen LogP contribution is 2.43. The van der Waals surface area contributed by atoms with Gasteiger partial charge >= 0.3 is 6.03 Å². The highest BCUT2D eigenvalue weighted by atomic mass is 32.1. The lowest BCUT2D eigenvalue weighted by Crippen LogP contribution is -2.59. The van der Waals surface area contributed by atoms with E-state index >= 15 is 0 Å². The van der Waals surface area contributed by atoms with Crippen LogP contribution >= 0.6 is 11.3 Å². The van der Waals surface area contributed by atoms with Crippen molar-refractivity contribution in [2.45, 2.75) is 24.5 Å². The molecule has 0 radical (unpaired) electrons. The number of hydrogen-bond donors (Lipinski definition) is 1. The fraction of sp³-hybridized carbons (Fsp3) is 0.529. The molecule has 3 saturated heterocycles. The Morgan fingerprint density at radius 1 is 1.27 bits per heavy atom. The lowest BCUT2D eigenvalue weighted by Gasteiger charge is -2.43. The molecule has 0 spiro atoms. The largest absolute Gasteiger partial charge is 0.454 e. The highest BCUT2D eigenvalue weighted by Gasteiger charge is 2.46. The molecule has 1 N–H and O–H groups in total. The number of amides is 2. The fourth-order valence-corrected chi connectivity index (χ4v) is 5.23. The summed E-state index contributed by atoms with van der Waals surface area (Å²) in [6.45, 7) is 3.66. The van der Waals surface area contributed by atoms with Gasteiger partial charge in [0.25, 0.3) is 0 Å². The molecule has 26 heavy (non-hydrogen) atoms. The summed E-state index contributed by atoms with van der Waals surface area (Å²) >= 11 is 1.52. The number of ether oxygens (including phenoxy) is 3. The third-order valence-corrected chi connectivity index (χ3v) is 6.72. The lowest BCUT2D eigenvalue weighted by molar-refractivity contribution is -0.0727. The second-order valence-corrected chi connectivity index (χ2v) is 8.12. The molecule has 1 aromatic carbocycles. The topological polar surface area (TPSA) is 76.2 Å². The van der Waals surface area contributed by atoms with Crippen LogP contribution in [0.25, 0.3) is 10.2 Å². The van der Waals surface area contributed by atoms with Crippen molar-refractivity contribution in [3.8, 4) is 11.5 Å². The van der Waals surface area contributed by atoms with E-state index in [1.165, 1.54) is 11.3 Å². The molecular weight excluding hydrogens is 356 g/mol. The molecule has 3 fully saturated rings. The third-order valence-electron chi connectivity index (χ3n) is 5.70. The Bertz CT molecular complexity index is 898. The van der Waals surface area contributed by atoms with Crippen LogP contribution in [0.1, 0.15) is 6.42 Å². The Morgan fingerprint density at radius 2 is 2.19 bits per heavy atom. The van der Waals surface area contributed by atoms with Crippen molar-refractivity contribution in [1.82, 2.24) is 15.2 Å². The van der Waals surface area contributed by atoms with Gasteiger partial charge in [-0.15, -0.1) is 0 Å². The van der Waals surface area contributed by atoms with Crippen LogP contribution in [0.5, 0.6) is 11.5 Å². The van der Waals surface area contributed by atoms with Gasteiger partial charge in [0.1, 0.15) is 5.52 Å². The zero-order chi connectivity index (χ0) is 17.3. The second kappa shape index (κ2) is 5.45. The van der Waals surface area contributed by atoms with Gasteiger partial charge in [-0.3, -0.25) is 9.80 Å². The maximum atomic E-state index is 12.7. The number of rotatable bonds is 2. The number of benzene rings is 1. The SMILES string of the molecule is O=C1N[C@H]2CCN(C3COC3)C[C@H]2N1c1nc2c3c(ccc2s1)OCO3. The van der Waals surface area contributed by atoms with Gasteiger partial charge in [-0.25, -0.2) is 9.78 Å². The van der Waals surface area contributed by atoms with E-state index < -0.39 is 0 Å². The minimum Gasteiger partial charge on any atom is -0.454 e. The minimum absolute atomic E-state index is 0.0559. The van der Waals surface area contributed by atoms with Crippen molar-refractivity contribution < 1.29 is 19.0 Å². The molecule has 5 heterocycles. The first-order chi connectivity index (χ1) is 12.8. The molecular formula is C17H18N4O4S.